The average Bonchev–Trinajstić information content (AvgIpc) is 2.97. The summed E-state index contributed by atoms with van der Waals surface area (Å²) in [5.74, 6) is 0.748. The van der Waals surface area contributed by atoms with E-state index in [4.69, 9.17) is 4.74 Å². The van der Waals surface area contributed by atoms with Gasteiger partial charge in [-0.15, -0.1) is 0 Å². The van der Waals surface area contributed by atoms with Gasteiger partial charge >= 0.3 is 6.03 Å². The van der Waals surface area contributed by atoms with Crippen molar-refractivity contribution in [2.24, 2.45) is 0 Å². The van der Waals surface area contributed by atoms with E-state index in [-0.39, 0.29) is 6.03 Å². The molecule has 2 amide bonds. The van der Waals surface area contributed by atoms with Crippen LogP contribution in [-0.2, 0) is 0 Å². The number of hydrogen-bond acceptors (Lipinski definition) is 2. The predicted octanol–water partition coefficient (Wildman–Crippen LogP) is 3.82. The van der Waals surface area contributed by atoms with E-state index in [0.717, 1.165) is 22.3 Å². The number of nitrogens with one attached hydrogen (secondary N) is 3. The van der Waals surface area contributed by atoms with Crippen LogP contribution in [0.2, 0.25) is 0 Å². The van der Waals surface area contributed by atoms with E-state index < -0.39 is 0 Å². The van der Waals surface area contributed by atoms with E-state index in [1.165, 1.54) is 0 Å². The minimum absolute atomic E-state index is 0.283. The second-order valence-electron chi connectivity index (χ2n) is 4.55. The van der Waals surface area contributed by atoms with Crippen molar-refractivity contribution in [2.45, 2.75) is 0 Å². The number of anilines is 2. The fraction of sp³-hybridized carbons (Fsp3) is 0.0625. The Labute approximate surface area is 121 Å². The summed E-state index contributed by atoms with van der Waals surface area (Å²) in [5, 5.41) is 6.60. The highest BCUT2D eigenvalue weighted by Crippen LogP contribution is 2.22. The first-order chi connectivity index (χ1) is 10.3. The fourth-order valence-electron chi connectivity index (χ4n) is 2.15. The van der Waals surface area contributed by atoms with Crippen molar-refractivity contribution in [1.82, 2.24) is 4.98 Å². The molecule has 0 unspecified atom stereocenters. The molecule has 3 N–H and O–H groups in total. The Bertz CT molecular complexity index is 763. The zero-order valence-electron chi connectivity index (χ0n) is 11.5. The molecule has 0 fully saturated rings. The topological polar surface area (TPSA) is 66.2 Å². The van der Waals surface area contributed by atoms with Gasteiger partial charge < -0.3 is 20.4 Å². The molecule has 21 heavy (non-hydrogen) atoms. The minimum Gasteiger partial charge on any atom is -0.497 e. The van der Waals surface area contributed by atoms with Gasteiger partial charge in [-0.05, 0) is 42.5 Å². The number of methoxy groups -OCH3 is 1. The van der Waals surface area contributed by atoms with Gasteiger partial charge in [0.15, 0.2) is 0 Å². The molecule has 106 valence electrons. The molecule has 3 rings (SSSR count). The van der Waals surface area contributed by atoms with Crippen molar-refractivity contribution in [3.8, 4) is 5.75 Å². The lowest BCUT2D eigenvalue weighted by atomic mass is 10.2. The van der Waals surface area contributed by atoms with Crippen LogP contribution in [0.5, 0.6) is 5.75 Å². The summed E-state index contributed by atoms with van der Waals surface area (Å²) in [4.78, 5) is 15.1. The van der Waals surface area contributed by atoms with Crippen LogP contribution >= 0.6 is 0 Å². The number of H-pyrrole nitrogens is 1. The molecule has 5 heteroatoms. The van der Waals surface area contributed by atoms with Crippen molar-refractivity contribution in [3.05, 3.63) is 54.7 Å². The molecular formula is C16H15N3O2. The van der Waals surface area contributed by atoms with Gasteiger partial charge in [0.1, 0.15) is 5.75 Å². The molecule has 0 atom stereocenters. The monoisotopic (exact) mass is 281 g/mol. The molecule has 1 heterocycles. The zero-order valence-corrected chi connectivity index (χ0v) is 11.5. The molecule has 0 saturated carbocycles. The number of rotatable bonds is 3. The van der Waals surface area contributed by atoms with Crippen LogP contribution in [0.1, 0.15) is 0 Å². The van der Waals surface area contributed by atoms with E-state index in [1.807, 2.05) is 30.5 Å². The van der Waals surface area contributed by atoms with Crippen molar-refractivity contribution >= 4 is 28.3 Å². The Morgan fingerprint density at radius 3 is 2.62 bits per heavy atom. The van der Waals surface area contributed by atoms with Gasteiger partial charge in [0.05, 0.1) is 12.8 Å². The first-order valence-corrected chi connectivity index (χ1v) is 6.54. The molecule has 3 aromatic rings. The third-order valence-electron chi connectivity index (χ3n) is 3.19. The van der Waals surface area contributed by atoms with Crippen molar-refractivity contribution in [2.75, 3.05) is 17.7 Å². The number of ether oxygens (including phenoxy) is 1. The Morgan fingerprint density at radius 1 is 1.05 bits per heavy atom. The number of benzene rings is 2. The van der Waals surface area contributed by atoms with Crippen LogP contribution in [-0.4, -0.2) is 18.1 Å². The molecule has 0 aliphatic heterocycles. The van der Waals surface area contributed by atoms with Crippen LogP contribution in [0, 0.1) is 0 Å². The molecule has 0 aliphatic rings. The fourth-order valence-corrected chi connectivity index (χ4v) is 2.15. The zero-order chi connectivity index (χ0) is 14.7. The number of urea groups is 1. The number of aromatic nitrogens is 1. The number of hydrogen-bond donors (Lipinski definition) is 3. The third kappa shape index (κ3) is 2.81. The Hall–Kier alpha value is -2.95. The normalized spacial score (nSPS) is 10.3. The Kier molecular flexibility index (Phi) is 3.47. The van der Waals surface area contributed by atoms with Gasteiger partial charge in [-0.25, -0.2) is 4.79 Å². The van der Waals surface area contributed by atoms with Gasteiger partial charge in [0.2, 0.25) is 0 Å². The molecule has 2 aromatic carbocycles. The largest absolute Gasteiger partial charge is 0.497 e. The van der Waals surface area contributed by atoms with Gasteiger partial charge in [-0.2, -0.15) is 0 Å². The SMILES string of the molecule is COc1ccc(NC(=O)Nc2cccc3[nH]ccc23)cc1. The average molecular weight is 281 g/mol. The minimum atomic E-state index is -0.283. The number of aromatic amines is 1. The van der Waals surface area contributed by atoms with Crippen LogP contribution in [0.4, 0.5) is 16.2 Å². The Morgan fingerprint density at radius 2 is 1.86 bits per heavy atom. The van der Waals surface area contributed by atoms with E-state index in [0.29, 0.717) is 5.69 Å². The summed E-state index contributed by atoms with van der Waals surface area (Å²) in [6, 6.07) is 14.5. The molecule has 0 radical (unpaired) electrons. The van der Waals surface area contributed by atoms with Crippen LogP contribution in [0.15, 0.2) is 54.7 Å². The van der Waals surface area contributed by atoms with E-state index in [2.05, 4.69) is 15.6 Å². The highest BCUT2D eigenvalue weighted by atomic mass is 16.5. The number of carbonyl (C=O) groups is 1. The molecule has 0 aliphatic carbocycles. The summed E-state index contributed by atoms with van der Waals surface area (Å²) in [6.45, 7) is 0. The highest BCUT2D eigenvalue weighted by molar-refractivity contribution is 6.05. The van der Waals surface area contributed by atoms with Crippen LogP contribution < -0.4 is 15.4 Å². The van der Waals surface area contributed by atoms with E-state index >= 15 is 0 Å². The quantitative estimate of drug-likeness (QED) is 0.683. The van der Waals surface area contributed by atoms with E-state index in [9.17, 15) is 4.79 Å². The maximum absolute atomic E-state index is 12.0. The molecule has 5 nitrogen and oxygen atoms in total. The van der Waals surface area contributed by atoms with E-state index in [1.54, 1.807) is 31.4 Å². The maximum atomic E-state index is 12.0. The lowest BCUT2D eigenvalue weighted by Gasteiger charge is -2.09. The number of fused-ring (bicyclic) bond motifs is 1. The summed E-state index contributed by atoms with van der Waals surface area (Å²) in [7, 11) is 1.60. The third-order valence-corrected chi connectivity index (χ3v) is 3.19. The van der Waals surface area contributed by atoms with Crippen molar-refractivity contribution < 1.29 is 9.53 Å². The van der Waals surface area contributed by atoms with Crippen LogP contribution in [0.3, 0.4) is 0 Å². The summed E-state index contributed by atoms with van der Waals surface area (Å²) < 4.78 is 5.08. The molecular weight excluding hydrogens is 266 g/mol. The maximum Gasteiger partial charge on any atom is 0.323 e. The van der Waals surface area contributed by atoms with Gasteiger partial charge in [0.25, 0.3) is 0 Å². The van der Waals surface area contributed by atoms with Crippen LogP contribution in [0.25, 0.3) is 10.9 Å². The smallest absolute Gasteiger partial charge is 0.323 e. The summed E-state index contributed by atoms with van der Waals surface area (Å²) >= 11 is 0. The first-order valence-electron chi connectivity index (χ1n) is 6.54. The Balaban J connectivity index is 1.72. The molecule has 0 bridgehead atoms. The summed E-state index contributed by atoms with van der Waals surface area (Å²) in [6.07, 6.45) is 1.84. The van der Waals surface area contributed by atoms with Gasteiger partial charge in [-0.1, -0.05) is 6.07 Å². The molecule has 1 aromatic heterocycles. The predicted molar refractivity (Wildman–Crippen MR) is 83.9 cm³/mol. The first kappa shape index (κ1) is 13.1. The highest BCUT2D eigenvalue weighted by Gasteiger charge is 2.06. The molecule has 0 spiro atoms. The van der Waals surface area contributed by atoms with Gasteiger partial charge in [0, 0.05) is 22.8 Å². The second kappa shape index (κ2) is 5.58. The van der Waals surface area contributed by atoms with Crippen molar-refractivity contribution in [1.29, 1.82) is 0 Å². The lowest BCUT2D eigenvalue weighted by Crippen LogP contribution is -2.19. The number of carbonyl (C=O) groups excluding carboxylic acids is 1. The second-order valence-corrected chi connectivity index (χ2v) is 4.55. The number of amides is 2. The van der Waals surface area contributed by atoms with Gasteiger partial charge in [-0.3, -0.25) is 0 Å². The van der Waals surface area contributed by atoms with Crippen molar-refractivity contribution in [3.63, 3.8) is 0 Å². The standard InChI is InChI=1S/C16H15N3O2/c1-21-12-7-5-11(6-8-12)18-16(20)19-15-4-2-3-14-13(15)9-10-17-14/h2-10,17H,1H3,(H2,18,19,20). The molecule has 0 saturated heterocycles. The summed E-state index contributed by atoms with van der Waals surface area (Å²) in [5.41, 5.74) is 2.45. The lowest BCUT2D eigenvalue weighted by molar-refractivity contribution is 0.262.